The first-order valence-corrected chi connectivity index (χ1v) is 5.42. The summed E-state index contributed by atoms with van der Waals surface area (Å²) in [6.45, 7) is 1.55. The number of aromatic nitrogens is 2. The maximum absolute atomic E-state index is 13.1. The van der Waals surface area contributed by atoms with Crippen molar-refractivity contribution in [2.45, 2.75) is 13.3 Å². The van der Waals surface area contributed by atoms with Gasteiger partial charge in [0.05, 0.1) is 11.4 Å². The lowest BCUT2D eigenvalue weighted by Gasteiger charge is -2.07. The summed E-state index contributed by atoms with van der Waals surface area (Å²) in [5.74, 6) is -1.43. The molecule has 3 N–H and O–H groups in total. The van der Waals surface area contributed by atoms with Gasteiger partial charge in [-0.15, -0.1) is 0 Å². The predicted molar refractivity (Wildman–Crippen MR) is 64.4 cm³/mol. The Bertz CT molecular complexity index is 616. The number of benzene rings is 1. The topological polar surface area (TPSA) is 89.1 Å². The number of fused-ring (bicyclic) bond motifs is 1. The van der Waals surface area contributed by atoms with Crippen molar-refractivity contribution in [1.82, 2.24) is 9.97 Å². The van der Waals surface area contributed by atoms with Crippen LogP contribution < -0.4 is 5.73 Å². The number of carbonyl (C=O) groups is 1. The zero-order valence-corrected chi connectivity index (χ0v) is 9.72. The molecule has 2 rings (SSSR count). The van der Waals surface area contributed by atoms with E-state index in [1.54, 1.807) is 6.92 Å². The monoisotopic (exact) mass is 249 g/mol. The van der Waals surface area contributed by atoms with Gasteiger partial charge >= 0.3 is 5.97 Å². The molecule has 2 aromatic rings. The van der Waals surface area contributed by atoms with Crippen molar-refractivity contribution in [3.05, 3.63) is 29.8 Å². The van der Waals surface area contributed by atoms with Gasteiger partial charge in [-0.05, 0) is 12.1 Å². The average Bonchev–Trinajstić information content (AvgIpc) is 2.27. The van der Waals surface area contributed by atoms with Crippen LogP contribution >= 0.6 is 0 Å². The van der Waals surface area contributed by atoms with Crippen LogP contribution in [0, 0.1) is 11.7 Å². The number of anilines is 1. The number of halogens is 1. The van der Waals surface area contributed by atoms with Crippen LogP contribution in [0.5, 0.6) is 0 Å². The van der Waals surface area contributed by atoms with Crippen LogP contribution in [0.15, 0.2) is 18.2 Å². The van der Waals surface area contributed by atoms with Gasteiger partial charge in [-0.25, -0.2) is 14.4 Å². The van der Waals surface area contributed by atoms with Crippen LogP contribution in [0.4, 0.5) is 10.2 Å². The highest BCUT2D eigenvalue weighted by atomic mass is 19.1. The Labute approximate surface area is 102 Å². The zero-order valence-electron chi connectivity index (χ0n) is 9.72. The minimum Gasteiger partial charge on any atom is -0.481 e. The summed E-state index contributed by atoms with van der Waals surface area (Å²) >= 11 is 0. The normalized spacial score (nSPS) is 12.6. The molecule has 0 aliphatic rings. The number of aliphatic carboxylic acids is 1. The second-order valence-corrected chi connectivity index (χ2v) is 4.13. The SMILES string of the molecule is CC(Cc1nc(N)c2ccc(F)cc2n1)C(=O)O. The van der Waals surface area contributed by atoms with E-state index in [-0.39, 0.29) is 12.2 Å². The number of carboxylic acids is 1. The van der Waals surface area contributed by atoms with Gasteiger partial charge in [0.1, 0.15) is 17.5 Å². The molecule has 0 fully saturated rings. The minimum absolute atomic E-state index is 0.159. The lowest BCUT2D eigenvalue weighted by atomic mass is 10.1. The highest BCUT2D eigenvalue weighted by Crippen LogP contribution is 2.19. The van der Waals surface area contributed by atoms with Crippen molar-refractivity contribution in [3.63, 3.8) is 0 Å². The highest BCUT2D eigenvalue weighted by molar-refractivity contribution is 5.87. The number of nitrogens with two attached hydrogens (primary N) is 1. The summed E-state index contributed by atoms with van der Waals surface area (Å²) in [7, 11) is 0. The summed E-state index contributed by atoms with van der Waals surface area (Å²) in [4.78, 5) is 18.9. The molecule has 1 atom stereocenters. The van der Waals surface area contributed by atoms with Crippen LogP contribution in [0.1, 0.15) is 12.7 Å². The summed E-state index contributed by atoms with van der Waals surface area (Å²) in [6.07, 6.45) is 0.159. The van der Waals surface area contributed by atoms with E-state index in [1.165, 1.54) is 18.2 Å². The molecule has 1 aromatic carbocycles. The lowest BCUT2D eigenvalue weighted by Crippen LogP contribution is -2.14. The number of nitrogen functional groups attached to an aromatic ring is 1. The summed E-state index contributed by atoms with van der Waals surface area (Å²) < 4.78 is 13.1. The standard InChI is InChI=1S/C12H12FN3O2/c1-6(12(17)18)4-10-15-9-5-7(13)2-3-8(9)11(14)16-10/h2-3,5-6H,4H2,1H3,(H,17,18)(H2,14,15,16). The van der Waals surface area contributed by atoms with Crippen molar-refractivity contribution in [2.75, 3.05) is 5.73 Å². The van der Waals surface area contributed by atoms with Crippen molar-refractivity contribution >= 4 is 22.7 Å². The molecule has 0 aliphatic carbocycles. The Balaban J connectivity index is 2.44. The number of hydrogen-bond acceptors (Lipinski definition) is 4. The van der Waals surface area contributed by atoms with Gasteiger partial charge in [-0.2, -0.15) is 0 Å². The minimum atomic E-state index is -0.934. The van der Waals surface area contributed by atoms with E-state index in [9.17, 15) is 9.18 Å². The molecule has 94 valence electrons. The molecule has 0 spiro atoms. The lowest BCUT2D eigenvalue weighted by molar-refractivity contribution is -0.141. The first-order valence-electron chi connectivity index (χ1n) is 5.42. The molecule has 1 heterocycles. The molecule has 1 unspecified atom stereocenters. The van der Waals surface area contributed by atoms with Gasteiger partial charge in [0.15, 0.2) is 0 Å². The molecule has 1 aromatic heterocycles. The largest absolute Gasteiger partial charge is 0.481 e. The molecule has 0 saturated heterocycles. The van der Waals surface area contributed by atoms with Crippen LogP contribution in [0.2, 0.25) is 0 Å². The van der Waals surface area contributed by atoms with Gasteiger partial charge < -0.3 is 10.8 Å². The van der Waals surface area contributed by atoms with Gasteiger partial charge in [-0.3, -0.25) is 4.79 Å². The second kappa shape index (κ2) is 4.56. The number of hydrogen-bond donors (Lipinski definition) is 2. The quantitative estimate of drug-likeness (QED) is 0.862. The average molecular weight is 249 g/mol. The Hall–Kier alpha value is -2.24. The number of rotatable bonds is 3. The van der Waals surface area contributed by atoms with Crippen LogP contribution in [0.3, 0.4) is 0 Å². The molecule has 0 aliphatic heterocycles. The van der Waals surface area contributed by atoms with Crippen LogP contribution in [0.25, 0.3) is 10.9 Å². The molecule has 0 bridgehead atoms. The predicted octanol–water partition coefficient (Wildman–Crippen LogP) is 1.61. The van der Waals surface area contributed by atoms with E-state index in [2.05, 4.69) is 9.97 Å². The molecule has 5 nitrogen and oxygen atoms in total. The van der Waals surface area contributed by atoms with E-state index in [0.717, 1.165) is 0 Å². The maximum Gasteiger partial charge on any atom is 0.306 e. The van der Waals surface area contributed by atoms with Crippen LogP contribution in [-0.4, -0.2) is 21.0 Å². The number of carboxylic acid groups (broad SMARTS) is 1. The van der Waals surface area contributed by atoms with Crippen molar-refractivity contribution in [2.24, 2.45) is 5.92 Å². The fraction of sp³-hybridized carbons (Fsp3) is 0.250. The highest BCUT2D eigenvalue weighted by Gasteiger charge is 2.15. The summed E-state index contributed by atoms with van der Waals surface area (Å²) in [6, 6.07) is 4.04. The Morgan fingerprint density at radius 3 is 2.89 bits per heavy atom. The molecular weight excluding hydrogens is 237 g/mol. The Morgan fingerprint density at radius 2 is 2.22 bits per heavy atom. The fourth-order valence-corrected chi connectivity index (χ4v) is 1.63. The Kier molecular flexibility index (Phi) is 3.10. The number of nitrogens with zero attached hydrogens (tertiary/aromatic N) is 2. The smallest absolute Gasteiger partial charge is 0.306 e. The molecule has 0 radical (unpaired) electrons. The summed E-state index contributed by atoms with van der Waals surface area (Å²) in [5.41, 5.74) is 6.12. The zero-order chi connectivity index (χ0) is 13.3. The first-order chi connectivity index (χ1) is 8.47. The summed E-state index contributed by atoms with van der Waals surface area (Å²) in [5, 5.41) is 9.38. The van der Waals surface area contributed by atoms with E-state index in [0.29, 0.717) is 16.7 Å². The molecule has 0 amide bonds. The maximum atomic E-state index is 13.1. The van der Waals surface area contributed by atoms with Crippen LogP contribution in [-0.2, 0) is 11.2 Å². The van der Waals surface area contributed by atoms with Crippen molar-refractivity contribution in [1.29, 1.82) is 0 Å². The van der Waals surface area contributed by atoms with E-state index >= 15 is 0 Å². The van der Waals surface area contributed by atoms with Gasteiger partial charge in [0, 0.05) is 17.9 Å². The first kappa shape index (κ1) is 12.2. The van der Waals surface area contributed by atoms with Gasteiger partial charge in [-0.1, -0.05) is 6.92 Å². The van der Waals surface area contributed by atoms with Crippen molar-refractivity contribution in [3.8, 4) is 0 Å². The molecule has 0 saturated carbocycles. The van der Waals surface area contributed by atoms with Gasteiger partial charge in [0.2, 0.25) is 0 Å². The molecular formula is C12H12FN3O2. The molecule has 18 heavy (non-hydrogen) atoms. The molecule has 6 heteroatoms. The second-order valence-electron chi connectivity index (χ2n) is 4.13. The third-order valence-electron chi connectivity index (χ3n) is 2.65. The van der Waals surface area contributed by atoms with E-state index in [1.807, 2.05) is 0 Å². The van der Waals surface area contributed by atoms with E-state index < -0.39 is 17.7 Å². The third-order valence-corrected chi connectivity index (χ3v) is 2.65. The fourth-order valence-electron chi connectivity index (χ4n) is 1.63. The van der Waals surface area contributed by atoms with E-state index in [4.69, 9.17) is 10.8 Å². The van der Waals surface area contributed by atoms with Gasteiger partial charge in [0.25, 0.3) is 0 Å². The third kappa shape index (κ3) is 2.37. The Morgan fingerprint density at radius 1 is 1.50 bits per heavy atom. The van der Waals surface area contributed by atoms with Crippen molar-refractivity contribution < 1.29 is 14.3 Å².